The molecule has 1 amide bonds. The summed E-state index contributed by atoms with van der Waals surface area (Å²) in [6, 6.07) is 8.98. The van der Waals surface area contributed by atoms with Crippen LogP contribution in [0.15, 0.2) is 53.4 Å². The predicted molar refractivity (Wildman–Crippen MR) is 112 cm³/mol. The van der Waals surface area contributed by atoms with E-state index in [1.807, 2.05) is 0 Å². The smallest absolute Gasteiger partial charge is 0.269 e. The predicted octanol–water partition coefficient (Wildman–Crippen LogP) is 0.926. The normalized spacial score (nSPS) is 18.0. The van der Waals surface area contributed by atoms with Crippen molar-refractivity contribution in [2.45, 2.75) is 10.9 Å². The highest BCUT2D eigenvalue weighted by Gasteiger charge is 2.44. The van der Waals surface area contributed by atoms with E-state index < -0.39 is 33.5 Å². The monoisotopic (exact) mass is 443 g/mol. The van der Waals surface area contributed by atoms with E-state index in [-0.39, 0.29) is 16.2 Å². The first-order chi connectivity index (χ1) is 14.8. The molecule has 0 bridgehead atoms. The van der Waals surface area contributed by atoms with E-state index in [0.29, 0.717) is 18.8 Å². The van der Waals surface area contributed by atoms with Crippen LogP contribution in [-0.4, -0.2) is 68.5 Å². The summed E-state index contributed by atoms with van der Waals surface area (Å²) in [4.78, 5) is 41.7. The second-order valence-electron chi connectivity index (χ2n) is 6.72. The zero-order valence-corrected chi connectivity index (χ0v) is 17.8. The molecule has 1 atom stereocenters. The fraction of sp³-hybridized carbons (Fsp3) is 0.238. The van der Waals surface area contributed by atoms with Crippen LogP contribution in [0.2, 0.25) is 0 Å². The lowest BCUT2D eigenvalue weighted by Crippen LogP contribution is -2.50. The number of ketones is 2. The van der Waals surface area contributed by atoms with Gasteiger partial charge in [-0.15, -0.1) is 0 Å². The topological polar surface area (TPSA) is 123 Å². The molecule has 0 radical (unpaired) electrons. The number of benzene rings is 1. The molecule has 9 nitrogen and oxygen atoms in total. The zero-order chi connectivity index (χ0) is 22.6. The van der Waals surface area contributed by atoms with Crippen molar-refractivity contribution in [2.75, 3.05) is 27.3 Å². The Morgan fingerprint density at radius 3 is 2.68 bits per heavy atom. The highest BCUT2D eigenvalue weighted by Crippen LogP contribution is 2.29. The Morgan fingerprint density at radius 2 is 1.94 bits per heavy atom. The van der Waals surface area contributed by atoms with Crippen molar-refractivity contribution >= 4 is 33.6 Å². The molecule has 1 N–H and O–H groups in total. The minimum absolute atomic E-state index is 0.0137. The summed E-state index contributed by atoms with van der Waals surface area (Å²) in [6.45, 7) is 0.677. The van der Waals surface area contributed by atoms with Gasteiger partial charge < -0.3 is 10.1 Å². The largest absolute Gasteiger partial charge is 0.383 e. The molecule has 1 aliphatic heterocycles. The third-order valence-electron chi connectivity index (χ3n) is 4.70. The molecule has 0 saturated carbocycles. The molecular weight excluding hydrogens is 422 g/mol. The van der Waals surface area contributed by atoms with Crippen molar-refractivity contribution in [3.05, 3.63) is 65.5 Å². The first kappa shape index (κ1) is 22.5. The van der Waals surface area contributed by atoms with E-state index in [1.165, 1.54) is 44.5 Å². The van der Waals surface area contributed by atoms with Crippen molar-refractivity contribution in [1.29, 1.82) is 0 Å². The van der Waals surface area contributed by atoms with E-state index >= 15 is 0 Å². The number of nitrogens with one attached hydrogen (secondary N) is 1. The van der Waals surface area contributed by atoms with Crippen molar-refractivity contribution in [1.82, 2.24) is 14.6 Å². The average molecular weight is 443 g/mol. The number of hydrogen-bond donors (Lipinski definition) is 1. The van der Waals surface area contributed by atoms with Gasteiger partial charge in [-0.1, -0.05) is 18.2 Å². The summed E-state index contributed by atoms with van der Waals surface area (Å²) < 4.78 is 31.0. The van der Waals surface area contributed by atoms with Crippen LogP contribution in [0.25, 0.3) is 6.08 Å². The van der Waals surface area contributed by atoms with Gasteiger partial charge in [-0.05, 0) is 36.4 Å². The second-order valence-corrected chi connectivity index (χ2v) is 8.68. The molecule has 10 heteroatoms. The Labute approximate surface area is 179 Å². The van der Waals surface area contributed by atoms with Crippen molar-refractivity contribution in [2.24, 2.45) is 0 Å². The Morgan fingerprint density at radius 1 is 1.19 bits per heavy atom. The standard InChI is InChI=1S/C21H21N3O6S/c1-24-19(20(26)15-7-3-4-9-18(15)31(24,28)29)17(25)11-10-14-6-5-8-16(23-14)21(27)22-12-13-30-2/h3-11,19H,12-13H2,1-2H3,(H,22,27). The number of rotatable bonds is 7. The quantitative estimate of drug-likeness (QED) is 0.384. The van der Waals surface area contributed by atoms with Crippen LogP contribution in [0.3, 0.4) is 0 Å². The van der Waals surface area contributed by atoms with Gasteiger partial charge >= 0.3 is 0 Å². The molecule has 1 unspecified atom stereocenters. The van der Waals surface area contributed by atoms with E-state index in [2.05, 4.69) is 10.3 Å². The van der Waals surface area contributed by atoms with Gasteiger partial charge in [0.2, 0.25) is 10.0 Å². The lowest BCUT2D eigenvalue weighted by Gasteiger charge is -2.30. The van der Waals surface area contributed by atoms with Gasteiger partial charge in [-0.25, -0.2) is 13.4 Å². The van der Waals surface area contributed by atoms with E-state index in [9.17, 15) is 22.8 Å². The molecule has 1 aromatic carbocycles. The number of carbonyl (C=O) groups is 3. The van der Waals surface area contributed by atoms with Crippen LogP contribution in [0.5, 0.6) is 0 Å². The molecule has 1 aromatic heterocycles. The number of aromatic nitrogens is 1. The minimum Gasteiger partial charge on any atom is -0.383 e. The first-order valence-electron chi connectivity index (χ1n) is 9.34. The number of methoxy groups -OCH3 is 1. The number of pyridine rings is 1. The Balaban J connectivity index is 1.81. The fourth-order valence-corrected chi connectivity index (χ4v) is 4.58. The van der Waals surface area contributed by atoms with Gasteiger partial charge in [-0.2, -0.15) is 4.31 Å². The van der Waals surface area contributed by atoms with E-state index in [1.54, 1.807) is 18.2 Å². The molecular formula is C21H21N3O6S. The van der Waals surface area contributed by atoms with E-state index in [0.717, 1.165) is 10.4 Å². The number of fused-ring (bicyclic) bond motifs is 1. The molecule has 31 heavy (non-hydrogen) atoms. The Bertz CT molecular complexity index is 1160. The summed E-state index contributed by atoms with van der Waals surface area (Å²) >= 11 is 0. The first-order valence-corrected chi connectivity index (χ1v) is 10.8. The van der Waals surface area contributed by atoms with Crippen molar-refractivity contribution in [3.8, 4) is 0 Å². The summed E-state index contributed by atoms with van der Waals surface area (Å²) in [7, 11) is -1.26. The molecule has 3 rings (SSSR count). The average Bonchev–Trinajstić information content (AvgIpc) is 2.77. The molecule has 0 fully saturated rings. The number of sulfonamides is 1. The highest BCUT2D eigenvalue weighted by molar-refractivity contribution is 7.89. The Kier molecular flexibility index (Phi) is 6.74. The highest BCUT2D eigenvalue weighted by atomic mass is 32.2. The molecule has 2 heterocycles. The van der Waals surface area contributed by atoms with Crippen LogP contribution < -0.4 is 5.32 Å². The lowest BCUT2D eigenvalue weighted by atomic mass is 10.00. The van der Waals surface area contributed by atoms with Gasteiger partial charge in [0.25, 0.3) is 5.91 Å². The maximum atomic E-state index is 12.8. The fourth-order valence-electron chi connectivity index (χ4n) is 3.10. The number of nitrogens with zero attached hydrogens (tertiary/aromatic N) is 2. The second kappa shape index (κ2) is 9.29. The van der Waals surface area contributed by atoms with Gasteiger partial charge in [0, 0.05) is 26.3 Å². The lowest BCUT2D eigenvalue weighted by molar-refractivity contribution is -0.116. The number of likely N-dealkylation sites (N-methyl/N-ethyl adjacent to an activating group) is 1. The number of ether oxygens (including phenoxy) is 1. The molecule has 0 saturated heterocycles. The van der Waals surface area contributed by atoms with E-state index in [4.69, 9.17) is 4.74 Å². The number of amides is 1. The van der Waals surface area contributed by atoms with Crippen LogP contribution >= 0.6 is 0 Å². The van der Waals surface area contributed by atoms with Gasteiger partial charge in [-0.3, -0.25) is 14.4 Å². The molecule has 1 aliphatic rings. The van der Waals surface area contributed by atoms with Crippen LogP contribution in [0.1, 0.15) is 26.5 Å². The summed E-state index contributed by atoms with van der Waals surface area (Å²) in [5.41, 5.74) is 0.440. The van der Waals surface area contributed by atoms with Crippen LogP contribution in [0, 0.1) is 0 Å². The van der Waals surface area contributed by atoms with Gasteiger partial charge in [0.05, 0.1) is 17.2 Å². The third kappa shape index (κ3) is 4.61. The SMILES string of the molecule is COCCNC(=O)c1cccc(C=CC(=O)C2C(=O)c3ccccc3S(=O)(=O)N2C)n1. The molecule has 2 aromatic rings. The Hall–Kier alpha value is -3.21. The minimum atomic E-state index is -3.98. The third-order valence-corrected chi connectivity index (χ3v) is 6.59. The number of hydrogen-bond acceptors (Lipinski definition) is 7. The van der Waals surface area contributed by atoms with Crippen LogP contribution in [-0.2, 0) is 19.6 Å². The number of carbonyl (C=O) groups excluding carboxylic acids is 3. The van der Waals surface area contributed by atoms with Crippen molar-refractivity contribution in [3.63, 3.8) is 0 Å². The summed E-state index contributed by atoms with van der Waals surface area (Å²) in [6.07, 6.45) is 2.43. The maximum Gasteiger partial charge on any atom is 0.269 e. The van der Waals surface area contributed by atoms with Gasteiger partial charge in [0.1, 0.15) is 5.69 Å². The number of Topliss-reactive ketones (excluding diaryl/α,β-unsaturated/α-hetero) is 1. The molecule has 0 aliphatic carbocycles. The van der Waals surface area contributed by atoms with Crippen molar-refractivity contribution < 1.29 is 27.5 Å². The maximum absolute atomic E-state index is 12.8. The van der Waals surface area contributed by atoms with Crippen LogP contribution in [0.4, 0.5) is 0 Å². The molecule has 0 spiro atoms. The summed E-state index contributed by atoms with van der Waals surface area (Å²) in [5, 5.41) is 2.64. The van der Waals surface area contributed by atoms with Gasteiger partial charge in [0.15, 0.2) is 17.6 Å². The summed E-state index contributed by atoms with van der Waals surface area (Å²) in [5.74, 6) is -1.70. The molecule has 162 valence electrons. The zero-order valence-electron chi connectivity index (χ0n) is 16.9.